The number of carbonyl (C=O) groups is 1. The minimum Gasteiger partial charge on any atom is -0.483 e. The molecule has 2 heterocycles. The molecular weight excluding hydrogens is 429 g/mol. The van der Waals surface area contributed by atoms with Crippen LogP contribution >= 0.6 is 0 Å². The van der Waals surface area contributed by atoms with Crippen LogP contribution in [0.25, 0.3) is 0 Å². The first-order valence-corrected chi connectivity index (χ1v) is 10.3. The van der Waals surface area contributed by atoms with Gasteiger partial charge in [0.05, 0.1) is 24.5 Å². The van der Waals surface area contributed by atoms with Crippen molar-refractivity contribution < 1.29 is 32.2 Å². The summed E-state index contributed by atoms with van der Waals surface area (Å²) >= 11 is 0. The number of nitrogens with one attached hydrogen (secondary N) is 2. The number of rotatable bonds is 6. The zero-order valence-corrected chi connectivity index (χ0v) is 17.1. The highest BCUT2D eigenvalue weighted by atomic mass is 19.4. The van der Waals surface area contributed by atoms with Crippen molar-refractivity contribution in [1.82, 2.24) is 15.3 Å². The first-order chi connectivity index (χ1) is 15.4. The lowest BCUT2D eigenvalue weighted by atomic mass is 9.93. The van der Waals surface area contributed by atoms with E-state index in [4.69, 9.17) is 14.2 Å². The van der Waals surface area contributed by atoms with Crippen molar-refractivity contribution >= 4 is 11.7 Å². The van der Waals surface area contributed by atoms with Crippen LogP contribution < -0.4 is 20.1 Å². The maximum absolute atomic E-state index is 13.1. The Morgan fingerprint density at radius 2 is 1.75 bits per heavy atom. The lowest BCUT2D eigenvalue weighted by Crippen LogP contribution is -2.42. The first kappa shape index (κ1) is 22.1. The molecule has 0 bridgehead atoms. The van der Waals surface area contributed by atoms with Crippen LogP contribution in [0, 0.1) is 0 Å². The second kappa shape index (κ2) is 9.60. The molecule has 1 saturated carbocycles. The fourth-order valence-corrected chi connectivity index (χ4v) is 3.53. The summed E-state index contributed by atoms with van der Waals surface area (Å²) < 4.78 is 55.8. The maximum Gasteiger partial charge on any atom is 0.416 e. The van der Waals surface area contributed by atoms with Crippen molar-refractivity contribution in [3.05, 3.63) is 42.2 Å². The number of benzene rings is 1. The summed E-state index contributed by atoms with van der Waals surface area (Å²) in [7, 11) is 0. The Balaban J connectivity index is 1.33. The number of hydrogen-bond donors (Lipinski definition) is 2. The number of nitrogens with zero attached hydrogens (tertiary/aromatic N) is 2. The molecule has 1 aromatic heterocycles. The molecule has 1 aromatic carbocycles. The Labute approximate surface area is 182 Å². The average Bonchev–Trinajstić information content (AvgIpc) is 2.73. The third-order valence-corrected chi connectivity index (χ3v) is 5.28. The van der Waals surface area contributed by atoms with E-state index in [2.05, 4.69) is 20.6 Å². The quantitative estimate of drug-likeness (QED) is 0.693. The minimum atomic E-state index is -4.54. The zero-order chi connectivity index (χ0) is 22.6. The summed E-state index contributed by atoms with van der Waals surface area (Å²) in [5.74, 6) is 0.168. The molecule has 172 valence electrons. The van der Waals surface area contributed by atoms with Crippen LogP contribution in [0.15, 0.2) is 36.7 Å². The van der Waals surface area contributed by atoms with Gasteiger partial charge in [0.15, 0.2) is 0 Å². The standard InChI is InChI=1S/C21H23F3N4O4/c22-21(23,24)13-2-7-18(31-16-11-30-12-16)17(10-13)28-19(29)27-14-3-5-15(6-4-14)32-20-25-8-1-9-26-20/h1-2,7-10,14-16H,3-6,11-12H2,(H2,27,28,29)/t14-,15-. The molecule has 0 radical (unpaired) electrons. The lowest BCUT2D eigenvalue weighted by molar-refractivity contribution is -0.137. The summed E-state index contributed by atoms with van der Waals surface area (Å²) in [6, 6.07) is 4.32. The number of alkyl halides is 3. The van der Waals surface area contributed by atoms with E-state index in [1.54, 1.807) is 18.5 Å². The molecule has 2 aliphatic rings. The molecular formula is C21H23F3N4O4. The van der Waals surface area contributed by atoms with Crippen LogP contribution in [0.3, 0.4) is 0 Å². The van der Waals surface area contributed by atoms with Crippen LogP contribution in [0.2, 0.25) is 0 Å². The van der Waals surface area contributed by atoms with Gasteiger partial charge in [0.25, 0.3) is 0 Å². The Morgan fingerprint density at radius 1 is 1.03 bits per heavy atom. The van der Waals surface area contributed by atoms with E-state index in [-0.39, 0.29) is 29.7 Å². The van der Waals surface area contributed by atoms with Gasteiger partial charge in [0, 0.05) is 18.4 Å². The molecule has 2 aromatic rings. The third kappa shape index (κ3) is 5.78. The van der Waals surface area contributed by atoms with E-state index in [1.165, 1.54) is 6.07 Å². The first-order valence-electron chi connectivity index (χ1n) is 10.3. The molecule has 1 aliphatic carbocycles. The summed E-state index contributed by atoms with van der Waals surface area (Å²) in [6.07, 6.45) is 1.09. The molecule has 2 N–H and O–H groups in total. The molecule has 1 saturated heterocycles. The van der Waals surface area contributed by atoms with Crippen molar-refractivity contribution in [3.8, 4) is 11.8 Å². The monoisotopic (exact) mass is 452 g/mol. The molecule has 0 atom stereocenters. The van der Waals surface area contributed by atoms with E-state index in [0.717, 1.165) is 12.1 Å². The largest absolute Gasteiger partial charge is 0.483 e. The van der Waals surface area contributed by atoms with Crippen molar-refractivity contribution in [2.75, 3.05) is 18.5 Å². The van der Waals surface area contributed by atoms with Gasteiger partial charge in [-0.15, -0.1) is 0 Å². The molecule has 8 nitrogen and oxygen atoms in total. The van der Waals surface area contributed by atoms with Crippen molar-refractivity contribution in [2.24, 2.45) is 0 Å². The van der Waals surface area contributed by atoms with Crippen LogP contribution in [0.1, 0.15) is 31.2 Å². The molecule has 32 heavy (non-hydrogen) atoms. The number of carbonyl (C=O) groups excluding carboxylic acids is 1. The molecule has 11 heteroatoms. The van der Waals surface area contributed by atoms with E-state index >= 15 is 0 Å². The molecule has 2 fully saturated rings. The molecule has 0 unspecified atom stereocenters. The van der Waals surface area contributed by atoms with Gasteiger partial charge in [-0.05, 0) is 49.9 Å². The number of anilines is 1. The molecule has 1 aliphatic heterocycles. The van der Waals surface area contributed by atoms with Crippen molar-refractivity contribution in [3.63, 3.8) is 0 Å². The Bertz CT molecular complexity index is 917. The minimum absolute atomic E-state index is 0.0394. The third-order valence-electron chi connectivity index (χ3n) is 5.28. The highest BCUT2D eigenvalue weighted by molar-refractivity contribution is 5.91. The molecule has 4 rings (SSSR count). The predicted octanol–water partition coefficient (Wildman–Crippen LogP) is 3.78. The van der Waals surface area contributed by atoms with Gasteiger partial charge in [0.2, 0.25) is 0 Å². The number of urea groups is 1. The summed E-state index contributed by atoms with van der Waals surface area (Å²) in [6.45, 7) is 0.706. The predicted molar refractivity (Wildman–Crippen MR) is 108 cm³/mol. The maximum atomic E-state index is 13.1. The van der Waals surface area contributed by atoms with Crippen molar-refractivity contribution in [1.29, 1.82) is 0 Å². The van der Waals surface area contributed by atoms with Crippen LogP contribution in [-0.2, 0) is 10.9 Å². The highest BCUT2D eigenvalue weighted by Crippen LogP contribution is 2.36. The average molecular weight is 452 g/mol. The lowest BCUT2D eigenvalue weighted by Gasteiger charge is -2.29. The van der Waals surface area contributed by atoms with Gasteiger partial charge in [0.1, 0.15) is 18.0 Å². The van der Waals surface area contributed by atoms with Crippen LogP contribution in [0.5, 0.6) is 11.8 Å². The molecule has 0 spiro atoms. The van der Waals surface area contributed by atoms with Gasteiger partial charge in [-0.3, -0.25) is 0 Å². The van der Waals surface area contributed by atoms with Crippen LogP contribution in [0.4, 0.5) is 23.7 Å². The number of halogens is 3. The summed E-state index contributed by atoms with van der Waals surface area (Å²) in [5.41, 5.74) is -0.909. The second-order valence-electron chi connectivity index (χ2n) is 7.71. The van der Waals surface area contributed by atoms with Gasteiger partial charge >= 0.3 is 18.2 Å². The van der Waals surface area contributed by atoms with Gasteiger partial charge in [-0.25, -0.2) is 14.8 Å². The van der Waals surface area contributed by atoms with E-state index in [0.29, 0.717) is 44.9 Å². The molecule has 2 amide bonds. The summed E-state index contributed by atoms with van der Waals surface area (Å²) in [4.78, 5) is 20.6. The normalized spacial score (nSPS) is 21.3. The number of aromatic nitrogens is 2. The smallest absolute Gasteiger partial charge is 0.416 e. The SMILES string of the molecule is O=C(Nc1cc(C(F)(F)F)ccc1OC1COC1)N[C@H]1CC[C@H](Oc2ncccn2)CC1. The highest BCUT2D eigenvalue weighted by Gasteiger charge is 2.32. The van der Waals surface area contributed by atoms with Crippen molar-refractivity contribution in [2.45, 2.75) is 50.1 Å². The number of ether oxygens (including phenoxy) is 3. The zero-order valence-electron chi connectivity index (χ0n) is 17.1. The fraction of sp³-hybridized carbons (Fsp3) is 0.476. The number of amides is 2. The fourth-order valence-electron chi connectivity index (χ4n) is 3.53. The van der Waals surface area contributed by atoms with Gasteiger partial charge in [-0.2, -0.15) is 13.2 Å². The van der Waals surface area contributed by atoms with E-state index < -0.39 is 17.8 Å². The Hall–Kier alpha value is -3.08. The topological polar surface area (TPSA) is 94.6 Å². The second-order valence-corrected chi connectivity index (χ2v) is 7.71. The number of hydrogen-bond acceptors (Lipinski definition) is 6. The van der Waals surface area contributed by atoms with Gasteiger partial charge in [-0.1, -0.05) is 0 Å². The van der Waals surface area contributed by atoms with Gasteiger partial charge < -0.3 is 24.8 Å². The summed E-state index contributed by atoms with van der Waals surface area (Å²) in [5, 5.41) is 5.33. The Kier molecular flexibility index (Phi) is 6.63. The Morgan fingerprint density at radius 3 is 2.38 bits per heavy atom. The van der Waals surface area contributed by atoms with Crippen LogP contribution in [-0.4, -0.2) is 47.5 Å². The van der Waals surface area contributed by atoms with E-state index in [9.17, 15) is 18.0 Å². The van der Waals surface area contributed by atoms with E-state index in [1.807, 2.05) is 0 Å².